The minimum absolute atomic E-state index is 0. The first-order valence-corrected chi connectivity index (χ1v) is 5.29. The molecule has 1 aromatic carbocycles. The Hall–Kier alpha value is -0.280. The number of benzene rings is 1. The lowest BCUT2D eigenvalue weighted by Gasteiger charge is -1.88. The maximum atomic E-state index is 9.81. The Kier molecular flexibility index (Phi) is 11.7. The summed E-state index contributed by atoms with van der Waals surface area (Å²) in [5.74, 6) is 0. The quantitative estimate of drug-likeness (QED) is 0.756. The molecule has 2 N–H and O–H groups in total. The monoisotopic (exact) mass is 270 g/mol. The first-order valence-electron chi connectivity index (χ1n) is 4.16. The van der Waals surface area contributed by atoms with E-state index in [1.807, 2.05) is 19.1 Å². The van der Waals surface area contributed by atoms with E-state index in [1.54, 1.807) is 12.1 Å². The first kappa shape index (κ1) is 17.1. The standard InChI is InChI=1S/C6H4Cl2.C4H7ClO.H2O/c7-5-3-1-2-4-6(5)8;1-2-3-4(5)6;/h1-4H;2-3H2,1H3;1H2. The van der Waals surface area contributed by atoms with Gasteiger partial charge in [-0.3, -0.25) is 4.79 Å². The summed E-state index contributed by atoms with van der Waals surface area (Å²) in [5.41, 5.74) is 0. The summed E-state index contributed by atoms with van der Waals surface area (Å²) in [6.45, 7) is 1.92. The van der Waals surface area contributed by atoms with E-state index >= 15 is 0 Å². The molecule has 0 heterocycles. The Balaban J connectivity index is 0. The van der Waals surface area contributed by atoms with Gasteiger partial charge in [-0.2, -0.15) is 0 Å². The summed E-state index contributed by atoms with van der Waals surface area (Å²) in [6.07, 6.45) is 1.35. The van der Waals surface area contributed by atoms with Gasteiger partial charge in [-0.15, -0.1) is 0 Å². The van der Waals surface area contributed by atoms with Crippen molar-refractivity contribution in [2.75, 3.05) is 0 Å². The van der Waals surface area contributed by atoms with Crippen LogP contribution in [0.25, 0.3) is 0 Å². The molecule has 0 fully saturated rings. The molecule has 0 atom stereocenters. The summed E-state index contributed by atoms with van der Waals surface area (Å²) >= 11 is 16.1. The molecule has 0 aliphatic heterocycles. The van der Waals surface area contributed by atoms with Gasteiger partial charge in [0.25, 0.3) is 0 Å². The molecule has 0 aliphatic rings. The normalized spacial score (nSPS) is 8.27. The van der Waals surface area contributed by atoms with Crippen LogP contribution in [0.15, 0.2) is 24.3 Å². The molecule has 0 amide bonds. The van der Waals surface area contributed by atoms with Crippen molar-refractivity contribution in [3.8, 4) is 0 Å². The van der Waals surface area contributed by atoms with Gasteiger partial charge >= 0.3 is 0 Å². The molecule has 0 radical (unpaired) electrons. The molecule has 15 heavy (non-hydrogen) atoms. The fourth-order valence-electron chi connectivity index (χ4n) is 0.636. The zero-order valence-corrected chi connectivity index (χ0v) is 10.5. The Morgan fingerprint density at radius 2 is 1.60 bits per heavy atom. The fourth-order valence-corrected chi connectivity index (χ4v) is 1.10. The molecule has 5 heteroatoms. The van der Waals surface area contributed by atoms with Gasteiger partial charge in [0.05, 0.1) is 10.0 Å². The van der Waals surface area contributed by atoms with Crippen LogP contribution in [0.1, 0.15) is 19.8 Å². The summed E-state index contributed by atoms with van der Waals surface area (Å²) in [7, 11) is 0. The third-order valence-electron chi connectivity index (χ3n) is 1.27. The second kappa shape index (κ2) is 10.2. The van der Waals surface area contributed by atoms with E-state index in [2.05, 4.69) is 0 Å². The highest BCUT2D eigenvalue weighted by Gasteiger charge is 1.89. The van der Waals surface area contributed by atoms with Gasteiger partial charge in [-0.1, -0.05) is 42.3 Å². The predicted molar refractivity (Wildman–Crippen MR) is 65.8 cm³/mol. The summed E-state index contributed by atoms with van der Waals surface area (Å²) in [4.78, 5) is 9.81. The van der Waals surface area contributed by atoms with Crippen LogP contribution in [0.5, 0.6) is 0 Å². The third kappa shape index (κ3) is 10.0. The summed E-state index contributed by atoms with van der Waals surface area (Å²) in [5, 5.41) is 0.973. The smallest absolute Gasteiger partial charge is 0.221 e. The zero-order chi connectivity index (χ0) is 11.0. The molecule has 0 aliphatic carbocycles. The summed E-state index contributed by atoms with van der Waals surface area (Å²) < 4.78 is 0. The zero-order valence-electron chi connectivity index (χ0n) is 8.27. The second-order valence-corrected chi connectivity index (χ2v) is 3.76. The molecule has 1 rings (SSSR count). The molecule has 2 nitrogen and oxygen atoms in total. The fraction of sp³-hybridized carbons (Fsp3) is 0.300. The van der Waals surface area contributed by atoms with Crippen LogP contribution >= 0.6 is 34.8 Å². The third-order valence-corrected chi connectivity index (χ3v) is 2.22. The Morgan fingerprint density at radius 3 is 1.73 bits per heavy atom. The van der Waals surface area contributed by atoms with Gasteiger partial charge in [0.15, 0.2) is 0 Å². The lowest BCUT2D eigenvalue weighted by atomic mass is 10.4. The van der Waals surface area contributed by atoms with E-state index < -0.39 is 0 Å². The van der Waals surface area contributed by atoms with Crippen molar-refractivity contribution >= 4 is 40.0 Å². The number of hydrogen-bond donors (Lipinski definition) is 0. The average molecular weight is 272 g/mol. The van der Waals surface area contributed by atoms with Gasteiger partial charge in [0, 0.05) is 6.42 Å². The molecule has 0 spiro atoms. The topological polar surface area (TPSA) is 48.6 Å². The highest BCUT2D eigenvalue weighted by molar-refractivity contribution is 6.63. The Bertz CT molecular complexity index is 269. The maximum Gasteiger partial charge on any atom is 0.221 e. The second-order valence-electron chi connectivity index (χ2n) is 2.52. The molecule has 0 saturated carbocycles. The Labute approximate surface area is 104 Å². The molecule has 0 unspecified atom stereocenters. The van der Waals surface area contributed by atoms with E-state index in [1.165, 1.54) is 0 Å². The number of hydrogen-bond acceptors (Lipinski definition) is 1. The average Bonchev–Trinajstić information content (AvgIpc) is 2.11. The van der Waals surface area contributed by atoms with Crippen molar-refractivity contribution in [3.63, 3.8) is 0 Å². The van der Waals surface area contributed by atoms with Gasteiger partial charge in [-0.05, 0) is 30.2 Å². The minimum atomic E-state index is -0.238. The van der Waals surface area contributed by atoms with Crippen molar-refractivity contribution in [1.82, 2.24) is 0 Å². The first-order chi connectivity index (χ1) is 6.57. The number of carbonyl (C=O) groups is 1. The van der Waals surface area contributed by atoms with Crippen LogP contribution in [0.2, 0.25) is 10.0 Å². The van der Waals surface area contributed by atoms with Crippen molar-refractivity contribution < 1.29 is 10.3 Å². The maximum absolute atomic E-state index is 9.81. The molecular weight excluding hydrogens is 258 g/mol. The number of halogens is 3. The van der Waals surface area contributed by atoms with Crippen LogP contribution in [-0.2, 0) is 4.79 Å². The van der Waals surface area contributed by atoms with Gasteiger partial charge < -0.3 is 5.48 Å². The molecule has 1 aromatic rings. The van der Waals surface area contributed by atoms with Crippen molar-refractivity contribution in [1.29, 1.82) is 0 Å². The molecule has 0 saturated heterocycles. The SMILES string of the molecule is CCCC(=O)Cl.Clc1ccccc1Cl.O. The van der Waals surface area contributed by atoms with Gasteiger partial charge in [-0.25, -0.2) is 0 Å². The minimum Gasteiger partial charge on any atom is -0.412 e. The highest BCUT2D eigenvalue weighted by atomic mass is 35.5. The van der Waals surface area contributed by atoms with E-state index in [0.717, 1.165) is 6.42 Å². The van der Waals surface area contributed by atoms with Crippen molar-refractivity contribution in [2.24, 2.45) is 0 Å². The van der Waals surface area contributed by atoms with Crippen LogP contribution in [0.4, 0.5) is 0 Å². The van der Waals surface area contributed by atoms with E-state index in [9.17, 15) is 4.79 Å². The lowest BCUT2D eigenvalue weighted by Crippen LogP contribution is -1.79. The van der Waals surface area contributed by atoms with Gasteiger partial charge in [0.1, 0.15) is 0 Å². The Morgan fingerprint density at radius 1 is 1.20 bits per heavy atom. The van der Waals surface area contributed by atoms with E-state index in [-0.39, 0.29) is 10.7 Å². The van der Waals surface area contributed by atoms with Crippen LogP contribution < -0.4 is 0 Å². The summed E-state index contributed by atoms with van der Waals surface area (Å²) in [6, 6.07) is 7.19. The van der Waals surface area contributed by atoms with Crippen LogP contribution in [0, 0.1) is 0 Å². The number of carbonyl (C=O) groups excluding carboxylic acids is 1. The van der Waals surface area contributed by atoms with Crippen molar-refractivity contribution in [2.45, 2.75) is 19.8 Å². The molecule has 0 bridgehead atoms. The lowest BCUT2D eigenvalue weighted by molar-refractivity contribution is -0.111. The van der Waals surface area contributed by atoms with Crippen molar-refractivity contribution in [3.05, 3.63) is 34.3 Å². The highest BCUT2D eigenvalue weighted by Crippen LogP contribution is 2.19. The molecule has 86 valence electrons. The molecular formula is C10H13Cl3O2. The van der Waals surface area contributed by atoms with E-state index in [4.69, 9.17) is 34.8 Å². The predicted octanol–water partition coefficient (Wildman–Crippen LogP) is 3.72. The molecule has 0 aromatic heterocycles. The van der Waals surface area contributed by atoms with Gasteiger partial charge in [0.2, 0.25) is 5.24 Å². The van der Waals surface area contributed by atoms with Crippen LogP contribution in [-0.4, -0.2) is 10.7 Å². The number of rotatable bonds is 2. The largest absolute Gasteiger partial charge is 0.412 e. The van der Waals surface area contributed by atoms with E-state index in [0.29, 0.717) is 16.5 Å². The van der Waals surface area contributed by atoms with Crippen LogP contribution in [0.3, 0.4) is 0 Å².